The van der Waals surface area contributed by atoms with Crippen LogP contribution < -0.4 is 24.3 Å². The largest absolute Gasteiger partial charge is 0.493 e. The number of benzene rings is 2. The molecule has 29 heavy (non-hydrogen) atoms. The number of amides is 2. The molecule has 2 aromatic rings. The van der Waals surface area contributed by atoms with Crippen LogP contribution in [0.3, 0.4) is 0 Å². The molecule has 0 radical (unpaired) electrons. The monoisotopic (exact) mass is 400 g/mol. The van der Waals surface area contributed by atoms with E-state index in [0.29, 0.717) is 43.3 Å². The average Bonchev–Trinajstić information content (AvgIpc) is 2.77. The highest BCUT2D eigenvalue weighted by Crippen LogP contribution is 2.33. The van der Waals surface area contributed by atoms with Crippen molar-refractivity contribution in [2.75, 3.05) is 41.5 Å². The lowest BCUT2D eigenvalue weighted by atomic mass is 9.99. The molecule has 0 saturated carbocycles. The van der Waals surface area contributed by atoms with Crippen LogP contribution in [0.4, 0.5) is 4.79 Å². The summed E-state index contributed by atoms with van der Waals surface area (Å²) in [6.45, 7) is 1.77. The van der Waals surface area contributed by atoms with Crippen molar-refractivity contribution in [1.82, 2.24) is 10.2 Å². The van der Waals surface area contributed by atoms with E-state index in [2.05, 4.69) is 5.32 Å². The van der Waals surface area contributed by atoms with Gasteiger partial charge in [0.25, 0.3) is 0 Å². The smallest absolute Gasteiger partial charge is 0.317 e. The number of methoxy groups -OCH3 is 4. The van der Waals surface area contributed by atoms with Crippen LogP contribution in [-0.4, -0.2) is 52.5 Å². The van der Waals surface area contributed by atoms with E-state index in [4.69, 9.17) is 18.9 Å². The van der Waals surface area contributed by atoms with E-state index in [9.17, 15) is 4.79 Å². The molecule has 0 saturated heterocycles. The minimum Gasteiger partial charge on any atom is -0.493 e. The molecule has 0 atom stereocenters. The third kappa shape index (κ3) is 4.67. The lowest BCUT2D eigenvalue weighted by Gasteiger charge is -2.29. The maximum atomic E-state index is 12.6. The van der Waals surface area contributed by atoms with Gasteiger partial charge in [-0.1, -0.05) is 6.07 Å². The van der Waals surface area contributed by atoms with Crippen molar-refractivity contribution < 1.29 is 23.7 Å². The fourth-order valence-electron chi connectivity index (χ4n) is 3.52. The van der Waals surface area contributed by atoms with Crippen molar-refractivity contribution in [2.45, 2.75) is 19.4 Å². The zero-order valence-corrected chi connectivity index (χ0v) is 17.4. The van der Waals surface area contributed by atoms with E-state index in [1.807, 2.05) is 35.2 Å². The Morgan fingerprint density at radius 1 is 0.897 bits per heavy atom. The minimum atomic E-state index is -0.0640. The number of carbonyl (C=O) groups excluding carboxylic acids is 1. The quantitative estimate of drug-likeness (QED) is 0.774. The fraction of sp³-hybridized carbons (Fsp3) is 0.409. The van der Waals surface area contributed by atoms with Gasteiger partial charge in [-0.15, -0.1) is 0 Å². The molecule has 1 N–H and O–H groups in total. The molecule has 1 aliphatic heterocycles. The van der Waals surface area contributed by atoms with Crippen LogP contribution in [0.5, 0.6) is 23.0 Å². The molecule has 156 valence electrons. The SMILES string of the molecule is COc1ccc(CCNC(=O)N2CCc3cc(OC)c(OC)cc3C2)cc1OC. The van der Waals surface area contributed by atoms with Crippen LogP contribution in [0.25, 0.3) is 0 Å². The molecule has 3 rings (SSSR count). The molecular weight excluding hydrogens is 372 g/mol. The van der Waals surface area contributed by atoms with Gasteiger partial charge in [0.2, 0.25) is 0 Å². The molecule has 1 heterocycles. The Labute approximate surface area is 171 Å². The van der Waals surface area contributed by atoms with Crippen LogP contribution in [0, 0.1) is 0 Å². The van der Waals surface area contributed by atoms with Crippen molar-refractivity contribution in [3.05, 3.63) is 47.0 Å². The first-order valence-corrected chi connectivity index (χ1v) is 9.57. The normalized spacial score (nSPS) is 12.8. The van der Waals surface area contributed by atoms with Crippen LogP contribution in [0.2, 0.25) is 0 Å². The molecule has 7 heteroatoms. The number of urea groups is 1. The van der Waals surface area contributed by atoms with Crippen LogP contribution in [-0.2, 0) is 19.4 Å². The number of nitrogens with zero attached hydrogens (tertiary/aromatic N) is 1. The van der Waals surface area contributed by atoms with E-state index in [-0.39, 0.29) is 6.03 Å². The molecule has 0 aliphatic carbocycles. The third-order valence-corrected chi connectivity index (χ3v) is 5.14. The molecule has 2 amide bonds. The van der Waals surface area contributed by atoms with Gasteiger partial charge in [0.1, 0.15) is 0 Å². The summed E-state index contributed by atoms with van der Waals surface area (Å²) in [6, 6.07) is 9.68. The van der Waals surface area contributed by atoms with Crippen molar-refractivity contribution in [3.63, 3.8) is 0 Å². The Balaban J connectivity index is 1.57. The zero-order chi connectivity index (χ0) is 20.8. The second-order valence-corrected chi connectivity index (χ2v) is 6.82. The summed E-state index contributed by atoms with van der Waals surface area (Å²) in [5, 5.41) is 3.01. The number of carbonyl (C=O) groups is 1. The first-order chi connectivity index (χ1) is 14.1. The van der Waals surface area contributed by atoms with E-state index in [1.54, 1.807) is 28.4 Å². The number of nitrogens with one attached hydrogen (secondary N) is 1. The van der Waals surface area contributed by atoms with E-state index in [0.717, 1.165) is 23.3 Å². The summed E-state index contributed by atoms with van der Waals surface area (Å²) in [5.74, 6) is 2.79. The van der Waals surface area contributed by atoms with Crippen molar-refractivity contribution in [3.8, 4) is 23.0 Å². The highest BCUT2D eigenvalue weighted by molar-refractivity contribution is 5.74. The number of hydrogen-bond donors (Lipinski definition) is 1. The minimum absolute atomic E-state index is 0.0640. The molecule has 0 fully saturated rings. The second kappa shape index (κ2) is 9.41. The Morgan fingerprint density at radius 3 is 2.17 bits per heavy atom. The molecule has 0 unspecified atom stereocenters. The Morgan fingerprint density at radius 2 is 1.52 bits per heavy atom. The number of ether oxygens (including phenoxy) is 4. The van der Waals surface area contributed by atoms with Crippen molar-refractivity contribution in [2.24, 2.45) is 0 Å². The van der Waals surface area contributed by atoms with Crippen LogP contribution in [0.15, 0.2) is 30.3 Å². The summed E-state index contributed by atoms with van der Waals surface area (Å²) in [5.41, 5.74) is 3.35. The summed E-state index contributed by atoms with van der Waals surface area (Å²) in [6.07, 6.45) is 1.50. The highest BCUT2D eigenvalue weighted by Gasteiger charge is 2.22. The molecule has 0 aromatic heterocycles. The molecule has 0 spiro atoms. The van der Waals surface area contributed by atoms with Gasteiger partial charge < -0.3 is 29.2 Å². The lowest BCUT2D eigenvalue weighted by molar-refractivity contribution is 0.192. The maximum Gasteiger partial charge on any atom is 0.317 e. The highest BCUT2D eigenvalue weighted by atomic mass is 16.5. The molecular formula is C22H28N2O5. The van der Waals surface area contributed by atoms with Gasteiger partial charge in [0, 0.05) is 19.6 Å². The Bertz CT molecular complexity index is 869. The standard InChI is InChI=1S/C22H28N2O5/c1-26-18-6-5-15(11-19(18)27-2)7-9-23-22(25)24-10-8-16-12-20(28-3)21(29-4)13-17(16)14-24/h5-6,11-13H,7-10,14H2,1-4H3,(H,23,25). The second-order valence-electron chi connectivity index (χ2n) is 6.82. The fourth-order valence-corrected chi connectivity index (χ4v) is 3.52. The molecule has 0 bridgehead atoms. The number of hydrogen-bond acceptors (Lipinski definition) is 5. The summed E-state index contributed by atoms with van der Waals surface area (Å²) in [7, 11) is 6.47. The molecule has 1 aliphatic rings. The average molecular weight is 400 g/mol. The van der Waals surface area contributed by atoms with Crippen molar-refractivity contribution in [1.29, 1.82) is 0 Å². The van der Waals surface area contributed by atoms with Gasteiger partial charge in [-0.25, -0.2) is 4.79 Å². The van der Waals surface area contributed by atoms with Crippen molar-refractivity contribution >= 4 is 6.03 Å². The third-order valence-electron chi connectivity index (χ3n) is 5.14. The Kier molecular flexibility index (Phi) is 6.69. The summed E-state index contributed by atoms with van der Waals surface area (Å²) < 4.78 is 21.3. The van der Waals surface area contributed by atoms with E-state index < -0.39 is 0 Å². The number of rotatable bonds is 7. The maximum absolute atomic E-state index is 12.6. The molecule has 2 aromatic carbocycles. The van der Waals surface area contributed by atoms with Gasteiger partial charge in [0.15, 0.2) is 23.0 Å². The zero-order valence-electron chi connectivity index (χ0n) is 17.4. The predicted octanol–water partition coefficient (Wildman–Crippen LogP) is 3.03. The number of fused-ring (bicyclic) bond motifs is 1. The van der Waals surface area contributed by atoms with Gasteiger partial charge in [-0.2, -0.15) is 0 Å². The van der Waals surface area contributed by atoms with Gasteiger partial charge >= 0.3 is 6.03 Å². The van der Waals surface area contributed by atoms with E-state index >= 15 is 0 Å². The summed E-state index contributed by atoms with van der Waals surface area (Å²) >= 11 is 0. The first-order valence-electron chi connectivity index (χ1n) is 9.57. The summed E-state index contributed by atoms with van der Waals surface area (Å²) in [4.78, 5) is 14.4. The topological polar surface area (TPSA) is 69.3 Å². The Hall–Kier alpha value is -3.09. The van der Waals surface area contributed by atoms with Crippen LogP contribution >= 0.6 is 0 Å². The first kappa shape index (κ1) is 20.6. The van der Waals surface area contributed by atoms with Gasteiger partial charge in [-0.05, 0) is 53.8 Å². The van der Waals surface area contributed by atoms with E-state index in [1.165, 1.54) is 5.56 Å². The molecule has 7 nitrogen and oxygen atoms in total. The van der Waals surface area contributed by atoms with Gasteiger partial charge in [-0.3, -0.25) is 0 Å². The predicted molar refractivity (Wildman–Crippen MR) is 110 cm³/mol. The van der Waals surface area contributed by atoms with Gasteiger partial charge in [0.05, 0.1) is 28.4 Å². The van der Waals surface area contributed by atoms with Crippen LogP contribution in [0.1, 0.15) is 16.7 Å². The lowest BCUT2D eigenvalue weighted by Crippen LogP contribution is -2.43.